The number of methoxy groups -OCH3 is 1. The number of aromatic nitrogens is 1. The average Bonchev–Trinajstić information content (AvgIpc) is 3.41. The van der Waals surface area contributed by atoms with Crippen LogP contribution in [0.3, 0.4) is 0 Å². The van der Waals surface area contributed by atoms with Crippen molar-refractivity contribution < 1.29 is 31.9 Å². The normalized spacial score (nSPS) is 14.1. The molecule has 2 heterocycles. The Balaban J connectivity index is 1.17. The number of nitrogens with one attached hydrogen (secondary N) is 1. The smallest absolute Gasteiger partial charge is 0.416 e. The summed E-state index contributed by atoms with van der Waals surface area (Å²) >= 11 is 0. The quantitative estimate of drug-likeness (QED) is 0.329. The largest absolute Gasteiger partial charge is 0.465 e. The van der Waals surface area contributed by atoms with E-state index in [-0.39, 0.29) is 35.1 Å². The molecule has 210 valence electrons. The summed E-state index contributed by atoms with van der Waals surface area (Å²) in [5, 5.41) is 12.1. The standard InChI is InChI=1S/C29H24F3N5O4/c1-40-28(39)23-14-18(16-33)15-24-26(23)41-27(35-24)19-2-6-21(7-3-19)34-25(38)17-36-10-12-37(13-11-36)22-8-4-20(5-9-22)29(30,31)32/h2-9,14-15H,10-13,17H2,1H3,(H,34,38). The van der Waals surface area contributed by atoms with Gasteiger partial charge in [0.1, 0.15) is 11.1 Å². The van der Waals surface area contributed by atoms with Gasteiger partial charge in [0.05, 0.1) is 30.9 Å². The van der Waals surface area contributed by atoms with Crippen LogP contribution in [-0.4, -0.2) is 61.6 Å². The maximum Gasteiger partial charge on any atom is 0.416 e. The summed E-state index contributed by atoms with van der Waals surface area (Å²) < 4.78 is 49.0. The molecule has 1 aliphatic heterocycles. The first-order chi connectivity index (χ1) is 19.6. The molecule has 0 spiro atoms. The minimum Gasteiger partial charge on any atom is -0.465 e. The van der Waals surface area contributed by atoms with E-state index in [0.717, 1.165) is 12.1 Å². The summed E-state index contributed by atoms with van der Waals surface area (Å²) in [5.41, 5.74) is 2.11. The summed E-state index contributed by atoms with van der Waals surface area (Å²) in [6.45, 7) is 2.53. The molecule has 0 aliphatic carbocycles. The molecule has 0 unspecified atom stereocenters. The van der Waals surface area contributed by atoms with Gasteiger partial charge in [0, 0.05) is 43.1 Å². The number of carbonyl (C=O) groups is 2. The van der Waals surface area contributed by atoms with Gasteiger partial charge in [-0.2, -0.15) is 18.4 Å². The SMILES string of the molecule is COC(=O)c1cc(C#N)cc2nc(-c3ccc(NC(=O)CN4CCN(c5ccc(C(F)(F)F)cc5)CC4)cc3)oc12. The highest BCUT2D eigenvalue weighted by atomic mass is 19.4. The van der Waals surface area contributed by atoms with E-state index in [4.69, 9.17) is 9.15 Å². The van der Waals surface area contributed by atoms with Crippen molar-refractivity contribution in [3.63, 3.8) is 0 Å². The Bertz CT molecular complexity index is 1620. The Kier molecular flexibility index (Phi) is 7.63. The van der Waals surface area contributed by atoms with Gasteiger partial charge in [-0.05, 0) is 60.7 Å². The monoisotopic (exact) mass is 563 g/mol. The van der Waals surface area contributed by atoms with Crippen LogP contribution in [-0.2, 0) is 15.7 Å². The first-order valence-corrected chi connectivity index (χ1v) is 12.6. The molecule has 3 aromatic carbocycles. The molecule has 9 nitrogen and oxygen atoms in total. The number of anilines is 2. The molecule has 0 atom stereocenters. The van der Waals surface area contributed by atoms with Crippen LogP contribution in [0.1, 0.15) is 21.5 Å². The Hall–Kier alpha value is -4.89. The summed E-state index contributed by atoms with van der Waals surface area (Å²) in [4.78, 5) is 33.2. The molecule has 0 saturated carbocycles. The lowest BCUT2D eigenvalue weighted by atomic mass is 10.1. The van der Waals surface area contributed by atoms with Crippen molar-refractivity contribution >= 4 is 34.4 Å². The molecule has 12 heteroatoms. The van der Waals surface area contributed by atoms with E-state index < -0.39 is 17.7 Å². The van der Waals surface area contributed by atoms with Crippen LogP contribution in [0.25, 0.3) is 22.6 Å². The van der Waals surface area contributed by atoms with Gasteiger partial charge < -0.3 is 19.4 Å². The van der Waals surface area contributed by atoms with Gasteiger partial charge in [0.25, 0.3) is 0 Å². The van der Waals surface area contributed by atoms with E-state index in [1.807, 2.05) is 15.9 Å². The molecule has 41 heavy (non-hydrogen) atoms. The Morgan fingerprint density at radius 3 is 2.34 bits per heavy atom. The highest BCUT2D eigenvalue weighted by Gasteiger charge is 2.30. The topological polar surface area (TPSA) is 112 Å². The number of esters is 1. The van der Waals surface area contributed by atoms with Gasteiger partial charge in [0.2, 0.25) is 11.8 Å². The third-order valence-corrected chi connectivity index (χ3v) is 6.74. The summed E-state index contributed by atoms with van der Waals surface area (Å²) in [7, 11) is 1.24. The Morgan fingerprint density at radius 2 is 1.73 bits per heavy atom. The summed E-state index contributed by atoms with van der Waals surface area (Å²) in [5.74, 6) is -0.604. The first-order valence-electron chi connectivity index (χ1n) is 12.6. The number of benzene rings is 3. The molecular weight excluding hydrogens is 539 g/mol. The van der Waals surface area contributed by atoms with Gasteiger partial charge in [-0.15, -0.1) is 0 Å². The number of hydrogen-bond donors (Lipinski definition) is 1. The van der Waals surface area contributed by atoms with Crippen molar-refractivity contribution in [3.05, 3.63) is 77.4 Å². The van der Waals surface area contributed by atoms with Gasteiger partial charge in [0.15, 0.2) is 5.58 Å². The van der Waals surface area contributed by atoms with E-state index in [1.54, 1.807) is 24.3 Å². The van der Waals surface area contributed by atoms with Crippen molar-refractivity contribution in [1.82, 2.24) is 9.88 Å². The second-order valence-corrected chi connectivity index (χ2v) is 9.43. The molecule has 1 N–H and O–H groups in total. The van der Waals surface area contributed by atoms with Gasteiger partial charge in [-0.1, -0.05) is 0 Å². The zero-order valence-corrected chi connectivity index (χ0v) is 21.9. The second-order valence-electron chi connectivity index (χ2n) is 9.43. The lowest BCUT2D eigenvalue weighted by Crippen LogP contribution is -2.48. The third-order valence-electron chi connectivity index (χ3n) is 6.74. The van der Waals surface area contributed by atoms with Crippen LogP contribution in [0, 0.1) is 11.3 Å². The maximum absolute atomic E-state index is 12.8. The molecular formula is C29H24F3N5O4. The Morgan fingerprint density at radius 1 is 1.05 bits per heavy atom. The lowest BCUT2D eigenvalue weighted by molar-refractivity contribution is -0.137. The number of nitrogens with zero attached hydrogens (tertiary/aromatic N) is 4. The van der Waals surface area contributed by atoms with Crippen LogP contribution in [0.2, 0.25) is 0 Å². The Labute approximate surface area is 232 Å². The fourth-order valence-electron chi connectivity index (χ4n) is 4.61. The number of hydrogen-bond acceptors (Lipinski definition) is 8. The number of piperazine rings is 1. The highest BCUT2D eigenvalue weighted by molar-refractivity contribution is 6.02. The molecule has 0 radical (unpaired) electrons. The maximum atomic E-state index is 12.8. The van der Waals surface area contributed by atoms with Crippen molar-refractivity contribution in [2.45, 2.75) is 6.18 Å². The van der Waals surface area contributed by atoms with Crippen molar-refractivity contribution in [2.24, 2.45) is 0 Å². The molecule has 1 aromatic heterocycles. The fraction of sp³-hybridized carbons (Fsp3) is 0.241. The second kappa shape index (κ2) is 11.3. The molecule has 1 aliphatic rings. The molecule has 1 amide bonds. The predicted molar refractivity (Wildman–Crippen MR) is 144 cm³/mol. The number of carbonyl (C=O) groups excluding carboxylic acids is 2. The number of rotatable bonds is 6. The number of alkyl halides is 3. The summed E-state index contributed by atoms with van der Waals surface area (Å²) in [6.07, 6.45) is -4.37. The van der Waals surface area contributed by atoms with Crippen LogP contribution in [0.15, 0.2) is 65.1 Å². The van der Waals surface area contributed by atoms with E-state index in [2.05, 4.69) is 10.3 Å². The van der Waals surface area contributed by atoms with Crippen LogP contribution < -0.4 is 10.2 Å². The molecule has 0 bridgehead atoms. The zero-order chi connectivity index (χ0) is 29.1. The number of oxazole rings is 1. The lowest BCUT2D eigenvalue weighted by Gasteiger charge is -2.35. The van der Waals surface area contributed by atoms with Crippen molar-refractivity contribution in [2.75, 3.05) is 50.1 Å². The number of nitriles is 1. The number of fused-ring (bicyclic) bond motifs is 1. The van der Waals surface area contributed by atoms with E-state index in [9.17, 15) is 28.0 Å². The molecule has 1 saturated heterocycles. The number of halogens is 3. The molecule has 4 aromatic rings. The fourth-order valence-corrected chi connectivity index (χ4v) is 4.61. The van der Waals surface area contributed by atoms with Crippen molar-refractivity contribution in [3.8, 4) is 17.5 Å². The number of ether oxygens (including phenoxy) is 1. The zero-order valence-electron chi connectivity index (χ0n) is 21.9. The minimum atomic E-state index is -4.37. The molecule has 1 fully saturated rings. The minimum absolute atomic E-state index is 0.101. The summed E-state index contributed by atoms with van der Waals surface area (Å²) in [6, 6.07) is 16.8. The van der Waals surface area contributed by atoms with Gasteiger partial charge in [-0.3, -0.25) is 9.69 Å². The van der Waals surface area contributed by atoms with Crippen molar-refractivity contribution in [1.29, 1.82) is 5.26 Å². The van der Waals surface area contributed by atoms with Crippen LogP contribution >= 0.6 is 0 Å². The number of amides is 1. The first kappa shape index (κ1) is 27.7. The van der Waals surface area contributed by atoms with E-state index >= 15 is 0 Å². The van der Waals surface area contributed by atoms with E-state index in [0.29, 0.717) is 48.6 Å². The van der Waals surface area contributed by atoms with Crippen LogP contribution in [0.5, 0.6) is 0 Å². The molecule has 5 rings (SSSR count). The average molecular weight is 564 g/mol. The highest BCUT2D eigenvalue weighted by Crippen LogP contribution is 2.31. The van der Waals surface area contributed by atoms with Gasteiger partial charge >= 0.3 is 12.1 Å². The van der Waals surface area contributed by atoms with E-state index in [1.165, 1.54) is 31.4 Å². The van der Waals surface area contributed by atoms with Crippen LogP contribution in [0.4, 0.5) is 24.5 Å². The predicted octanol–water partition coefficient (Wildman–Crippen LogP) is 4.93. The third kappa shape index (κ3) is 6.15. The van der Waals surface area contributed by atoms with Gasteiger partial charge in [-0.25, -0.2) is 9.78 Å².